The molecule has 1 aliphatic carbocycles. The van der Waals surface area contributed by atoms with Crippen LogP contribution >= 0.6 is 0 Å². The SMILES string of the molecule is CC1CCCC(N(C)C(=O)c2cncc(OS(=O)(=O)F)c2)C1. The molecule has 2 rings (SSSR count). The maximum atomic E-state index is 12.5. The number of halogens is 1. The van der Waals surface area contributed by atoms with Crippen LogP contribution in [-0.4, -0.2) is 37.3 Å². The van der Waals surface area contributed by atoms with Gasteiger partial charge in [0.15, 0.2) is 5.75 Å². The molecule has 0 bridgehead atoms. The third-order valence-electron chi connectivity index (χ3n) is 3.93. The Labute approximate surface area is 129 Å². The van der Waals surface area contributed by atoms with Gasteiger partial charge in [0.05, 0.1) is 11.8 Å². The zero-order valence-electron chi connectivity index (χ0n) is 12.5. The van der Waals surface area contributed by atoms with Crippen LogP contribution in [0.5, 0.6) is 5.75 Å². The Kier molecular flexibility index (Phi) is 5.00. The molecule has 0 radical (unpaired) electrons. The Morgan fingerprint density at radius 2 is 2.14 bits per heavy atom. The molecule has 122 valence electrons. The smallest absolute Gasteiger partial charge is 0.357 e. The van der Waals surface area contributed by atoms with Crippen LogP contribution in [0, 0.1) is 5.92 Å². The van der Waals surface area contributed by atoms with Crippen molar-refractivity contribution < 1.29 is 21.3 Å². The number of nitrogens with zero attached hydrogens (tertiary/aromatic N) is 2. The lowest BCUT2D eigenvalue weighted by atomic mass is 9.86. The van der Waals surface area contributed by atoms with Crippen molar-refractivity contribution in [2.24, 2.45) is 5.92 Å². The average Bonchev–Trinajstić information content (AvgIpc) is 2.44. The van der Waals surface area contributed by atoms with Gasteiger partial charge in [-0.3, -0.25) is 9.78 Å². The molecule has 2 unspecified atom stereocenters. The molecule has 1 aromatic heterocycles. The number of rotatable bonds is 4. The summed E-state index contributed by atoms with van der Waals surface area (Å²) in [5.74, 6) is -0.0365. The fourth-order valence-electron chi connectivity index (χ4n) is 2.82. The molecule has 2 atom stereocenters. The topological polar surface area (TPSA) is 76.6 Å². The van der Waals surface area contributed by atoms with Gasteiger partial charge in [0, 0.05) is 19.3 Å². The number of carbonyl (C=O) groups is 1. The Morgan fingerprint density at radius 3 is 2.77 bits per heavy atom. The third-order valence-corrected chi connectivity index (χ3v) is 4.32. The van der Waals surface area contributed by atoms with Crippen LogP contribution in [0.25, 0.3) is 0 Å². The summed E-state index contributed by atoms with van der Waals surface area (Å²) in [5, 5.41) is 0. The Hall–Kier alpha value is -1.70. The lowest BCUT2D eigenvalue weighted by Crippen LogP contribution is -2.39. The van der Waals surface area contributed by atoms with E-state index in [0.717, 1.165) is 31.9 Å². The van der Waals surface area contributed by atoms with Crippen LogP contribution in [0.3, 0.4) is 0 Å². The normalized spacial score (nSPS) is 22.1. The van der Waals surface area contributed by atoms with E-state index in [1.54, 1.807) is 11.9 Å². The summed E-state index contributed by atoms with van der Waals surface area (Å²) >= 11 is 0. The molecule has 8 heteroatoms. The molecule has 0 saturated heterocycles. The first-order chi connectivity index (χ1) is 10.3. The second-order valence-corrected chi connectivity index (χ2v) is 6.68. The van der Waals surface area contributed by atoms with E-state index in [1.807, 2.05) is 0 Å². The molecule has 22 heavy (non-hydrogen) atoms. The first kappa shape index (κ1) is 16.7. The molecule has 1 heterocycles. The molecular formula is C14H19FN2O4S. The van der Waals surface area contributed by atoms with Gasteiger partial charge in [-0.05, 0) is 24.8 Å². The molecule has 0 spiro atoms. The van der Waals surface area contributed by atoms with Crippen molar-refractivity contribution in [1.29, 1.82) is 0 Å². The van der Waals surface area contributed by atoms with Crippen molar-refractivity contribution in [1.82, 2.24) is 9.88 Å². The highest BCUT2D eigenvalue weighted by molar-refractivity contribution is 7.81. The zero-order valence-corrected chi connectivity index (χ0v) is 13.3. The number of aromatic nitrogens is 1. The van der Waals surface area contributed by atoms with Crippen molar-refractivity contribution in [3.63, 3.8) is 0 Å². The van der Waals surface area contributed by atoms with Crippen LogP contribution in [0.1, 0.15) is 43.0 Å². The predicted molar refractivity (Wildman–Crippen MR) is 78.4 cm³/mol. The number of amides is 1. The molecular weight excluding hydrogens is 311 g/mol. The summed E-state index contributed by atoms with van der Waals surface area (Å²) in [4.78, 5) is 17.8. The van der Waals surface area contributed by atoms with Gasteiger partial charge >= 0.3 is 10.5 Å². The van der Waals surface area contributed by atoms with Crippen LogP contribution in [-0.2, 0) is 10.5 Å². The van der Waals surface area contributed by atoms with Crippen LogP contribution in [0.4, 0.5) is 3.89 Å². The average molecular weight is 330 g/mol. The van der Waals surface area contributed by atoms with Gasteiger partial charge in [-0.1, -0.05) is 23.7 Å². The summed E-state index contributed by atoms with van der Waals surface area (Å²) in [6.07, 6.45) is 6.46. The van der Waals surface area contributed by atoms with Crippen molar-refractivity contribution in [2.75, 3.05) is 7.05 Å². The van der Waals surface area contributed by atoms with Gasteiger partial charge < -0.3 is 9.08 Å². The number of hydrogen-bond donors (Lipinski definition) is 0. The Morgan fingerprint density at radius 1 is 1.41 bits per heavy atom. The number of pyridine rings is 1. The quantitative estimate of drug-likeness (QED) is 0.792. The molecule has 1 fully saturated rings. The highest BCUT2D eigenvalue weighted by atomic mass is 32.3. The van der Waals surface area contributed by atoms with Crippen LogP contribution < -0.4 is 4.18 Å². The van der Waals surface area contributed by atoms with E-state index in [1.165, 1.54) is 12.3 Å². The highest BCUT2D eigenvalue weighted by Gasteiger charge is 2.26. The molecule has 1 amide bonds. The lowest BCUT2D eigenvalue weighted by molar-refractivity contribution is 0.0671. The van der Waals surface area contributed by atoms with Crippen molar-refractivity contribution >= 4 is 16.4 Å². The first-order valence-electron chi connectivity index (χ1n) is 7.12. The summed E-state index contributed by atoms with van der Waals surface area (Å²) in [6.45, 7) is 2.16. The minimum atomic E-state index is -5.13. The standard InChI is InChI=1S/C14H19FN2O4S/c1-10-4-3-5-12(6-10)17(2)14(18)11-7-13(9-16-8-11)21-22(15,19)20/h7-10,12H,3-6H2,1-2H3. The van der Waals surface area contributed by atoms with Gasteiger partial charge in [0.25, 0.3) is 5.91 Å². The van der Waals surface area contributed by atoms with Gasteiger partial charge in [-0.25, -0.2) is 0 Å². The van der Waals surface area contributed by atoms with Crippen molar-refractivity contribution in [3.8, 4) is 5.75 Å². The summed E-state index contributed by atoms with van der Waals surface area (Å²) in [7, 11) is -3.42. The fraction of sp³-hybridized carbons (Fsp3) is 0.571. The number of carbonyl (C=O) groups excluding carboxylic acids is 1. The molecule has 6 nitrogen and oxygen atoms in total. The van der Waals surface area contributed by atoms with Gasteiger partial charge in [-0.2, -0.15) is 8.42 Å². The molecule has 0 aliphatic heterocycles. The van der Waals surface area contributed by atoms with Crippen LogP contribution in [0.15, 0.2) is 18.5 Å². The third kappa shape index (κ3) is 4.40. The van der Waals surface area contributed by atoms with Gasteiger partial charge in [0.2, 0.25) is 0 Å². The minimum Gasteiger partial charge on any atom is -0.357 e. The van der Waals surface area contributed by atoms with E-state index < -0.39 is 10.5 Å². The predicted octanol–water partition coefficient (Wildman–Crippen LogP) is 2.33. The fourth-order valence-corrected chi connectivity index (χ4v) is 3.14. The zero-order chi connectivity index (χ0) is 16.3. The molecule has 1 aromatic rings. The molecule has 1 aliphatic rings. The maximum Gasteiger partial charge on any atom is 0.488 e. The van der Waals surface area contributed by atoms with E-state index in [4.69, 9.17) is 0 Å². The van der Waals surface area contributed by atoms with Crippen molar-refractivity contribution in [2.45, 2.75) is 38.6 Å². The summed E-state index contributed by atoms with van der Waals surface area (Å²) < 4.78 is 37.6. The lowest BCUT2D eigenvalue weighted by Gasteiger charge is -2.34. The number of hydrogen-bond acceptors (Lipinski definition) is 5. The molecule has 0 aromatic carbocycles. The highest BCUT2D eigenvalue weighted by Crippen LogP contribution is 2.27. The first-order valence-corrected chi connectivity index (χ1v) is 8.43. The van der Waals surface area contributed by atoms with E-state index in [2.05, 4.69) is 16.1 Å². The van der Waals surface area contributed by atoms with Crippen LogP contribution in [0.2, 0.25) is 0 Å². The minimum absolute atomic E-state index is 0.144. The summed E-state index contributed by atoms with van der Waals surface area (Å²) in [5.41, 5.74) is 0.168. The van der Waals surface area contributed by atoms with E-state index in [-0.39, 0.29) is 23.3 Å². The second-order valence-electron chi connectivity index (χ2n) is 5.73. The maximum absolute atomic E-state index is 12.5. The monoisotopic (exact) mass is 330 g/mol. The van der Waals surface area contributed by atoms with Gasteiger partial charge in [-0.15, -0.1) is 0 Å². The second kappa shape index (κ2) is 6.60. The largest absolute Gasteiger partial charge is 0.488 e. The van der Waals surface area contributed by atoms with Crippen molar-refractivity contribution in [3.05, 3.63) is 24.0 Å². The molecule has 0 N–H and O–H groups in total. The molecule has 1 saturated carbocycles. The van der Waals surface area contributed by atoms with E-state index in [0.29, 0.717) is 5.92 Å². The van der Waals surface area contributed by atoms with E-state index >= 15 is 0 Å². The summed E-state index contributed by atoms with van der Waals surface area (Å²) in [6, 6.07) is 1.32. The van der Waals surface area contributed by atoms with E-state index in [9.17, 15) is 17.1 Å². The van der Waals surface area contributed by atoms with Gasteiger partial charge in [0.1, 0.15) is 0 Å². The Bertz CT molecular complexity index is 650. The Balaban J connectivity index is 2.13.